The molecule has 0 spiro atoms. The van der Waals surface area contributed by atoms with Gasteiger partial charge in [-0.3, -0.25) is 4.79 Å². The number of primary amides is 1. The largest absolute Gasteiger partial charge is 0.422 e. The summed E-state index contributed by atoms with van der Waals surface area (Å²) in [6, 6.07) is 5.42. The van der Waals surface area contributed by atoms with Crippen LogP contribution >= 0.6 is 0 Å². The van der Waals surface area contributed by atoms with Gasteiger partial charge in [0.1, 0.15) is 5.56 Å². The number of H-pyrrole nitrogens is 1. The van der Waals surface area contributed by atoms with Gasteiger partial charge in [-0.15, -0.1) is 0 Å². The molecule has 1 amide bonds. The normalized spacial score (nSPS) is 11.7. The quantitative estimate of drug-likeness (QED) is 0.812. The molecule has 0 aliphatic carbocycles. The van der Waals surface area contributed by atoms with Crippen LogP contribution in [0.25, 0.3) is 10.9 Å². The van der Waals surface area contributed by atoms with Crippen LogP contribution in [-0.4, -0.2) is 5.91 Å². The van der Waals surface area contributed by atoms with Gasteiger partial charge in [-0.25, -0.2) is 4.98 Å². The van der Waals surface area contributed by atoms with E-state index in [0.717, 1.165) is 12.3 Å². The van der Waals surface area contributed by atoms with Crippen molar-refractivity contribution >= 4 is 16.8 Å². The molecule has 0 unspecified atom stereocenters. The molecule has 1 heterocycles. The highest BCUT2D eigenvalue weighted by Gasteiger charge is 2.33. The zero-order chi connectivity index (χ0) is 12.6. The highest BCUT2D eigenvalue weighted by Crippen LogP contribution is 2.30. The second-order valence-electron chi connectivity index (χ2n) is 3.52. The number of rotatable bonds is 1. The molecular weight excluding hydrogens is 233 g/mol. The molecule has 88 valence electrons. The van der Waals surface area contributed by atoms with E-state index in [9.17, 15) is 18.0 Å². The molecule has 0 saturated heterocycles. The molecular formula is C11H8F3N2O+. The summed E-state index contributed by atoms with van der Waals surface area (Å²) < 4.78 is 37.5. The number of nitrogens with one attached hydrogen (secondary N) is 1. The van der Waals surface area contributed by atoms with Crippen LogP contribution in [0.4, 0.5) is 13.2 Å². The lowest BCUT2D eigenvalue weighted by Gasteiger charge is -2.05. The number of halogens is 3. The van der Waals surface area contributed by atoms with Gasteiger partial charge < -0.3 is 5.73 Å². The first-order chi connectivity index (χ1) is 7.89. The number of carbonyl (C=O) groups excluding carboxylic acids is 1. The lowest BCUT2D eigenvalue weighted by Crippen LogP contribution is -2.16. The van der Waals surface area contributed by atoms with Crippen molar-refractivity contribution in [1.29, 1.82) is 0 Å². The Morgan fingerprint density at radius 2 is 2.00 bits per heavy atom. The Balaban J connectivity index is 2.75. The Morgan fingerprint density at radius 1 is 1.29 bits per heavy atom. The predicted octanol–water partition coefficient (Wildman–Crippen LogP) is 1.77. The van der Waals surface area contributed by atoms with E-state index in [1.54, 1.807) is 12.1 Å². The second kappa shape index (κ2) is 3.73. The molecule has 3 nitrogen and oxygen atoms in total. The highest BCUT2D eigenvalue weighted by atomic mass is 19.4. The maximum atomic E-state index is 12.5. The van der Waals surface area contributed by atoms with E-state index < -0.39 is 17.6 Å². The van der Waals surface area contributed by atoms with E-state index in [1.165, 1.54) is 6.07 Å². The van der Waals surface area contributed by atoms with Crippen molar-refractivity contribution in [2.75, 3.05) is 0 Å². The number of alkyl halides is 3. The maximum Gasteiger partial charge on any atom is 0.422 e. The molecule has 1 aromatic heterocycles. The van der Waals surface area contributed by atoms with Gasteiger partial charge in [-0.2, -0.15) is 13.2 Å². The number of fused-ring (bicyclic) bond motifs is 1. The standard InChI is InChI=1S/C11H7F3N2O/c12-11(13,14)6-4-8-7(10(15)17)2-1-3-9(8)16-5-6/h1-5H,(H2,15,17)/p+1. The van der Waals surface area contributed by atoms with E-state index in [-0.39, 0.29) is 10.9 Å². The monoisotopic (exact) mass is 241 g/mol. The van der Waals surface area contributed by atoms with E-state index in [4.69, 9.17) is 5.73 Å². The number of benzene rings is 1. The fourth-order valence-corrected chi connectivity index (χ4v) is 1.58. The van der Waals surface area contributed by atoms with Crippen LogP contribution in [0.1, 0.15) is 15.9 Å². The topological polar surface area (TPSA) is 57.2 Å². The third-order valence-electron chi connectivity index (χ3n) is 2.38. The van der Waals surface area contributed by atoms with Crippen molar-refractivity contribution in [3.8, 4) is 0 Å². The Morgan fingerprint density at radius 3 is 2.59 bits per heavy atom. The third kappa shape index (κ3) is 2.06. The SMILES string of the molecule is NC(=O)c1cccc2[nH+]cc(C(F)(F)F)cc12. The van der Waals surface area contributed by atoms with Gasteiger partial charge >= 0.3 is 6.18 Å². The number of aromatic nitrogens is 1. The molecule has 3 N–H and O–H groups in total. The van der Waals surface area contributed by atoms with E-state index in [0.29, 0.717) is 5.52 Å². The molecule has 0 aliphatic heterocycles. The van der Waals surface area contributed by atoms with Gasteiger partial charge in [0.2, 0.25) is 11.4 Å². The van der Waals surface area contributed by atoms with Gasteiger partial charge in [-0.05, 0) is 12.1 Å². The number of carbonyl (C=O) groups is 1. The first-order valence-electron chi connectivity index (χ1n) is 4.71. The van der Waals surface area contributed by atoms with Crippen molar-refractivity contribution in [2.24, 2.45) is 5.73 Å². The molecule has 6 heteroatoms. The van der Waals surface area contributed by atoms with E-state index in [2.05, 4.69) is 4.98 Å². The number of hydrogen-bond acceptors (Lipinski definition) is 1. The smallest absolute Gasteiger partial charge is 0.366 e. The average molecular weight is 241 g/mol. The lowest BCUT2D eigenvalue weighted by atomic mass is 10.1. The first kappa shape index (κ1) is 11.4. The van der Waals surface area contributed by atoms with Gasteiger partial charge in [0.25, 0.3) is 0 Å². The molecule has 0 bridgehead atoms. The molecule has 17 heavy (non-hydrogen) atoms. The Bertz CT molecular complexity index is 593. The molecule has 0 fully saturated rings. The van der Waals surface area contributed by atoms with Gasteiger partial charge in [0.05, 0.1) is 10.9 Å². The minimum Gasteiger partial charge on any atom is -0.366 e. The van der Waals surface area contributed by atoms with Gasteiger partial charge in [0.15, 0.2) is 6.20 Å². The number of aromatic amines is 1. The Hall–Kier alpha value is -2.11. The fraction of sp³-hybridized carbons (Fsp3) is 0.0909. The summed E-state index contributed by atoms with van der Waals surface area (Å²) in [4.78, 5) is 13.6. The molecule has 1 aromatic carbocycles. The van der Waals surface area contributed by atoms with Crippen LogP contribution in [-0.2, 0) is 6.18 Å². The van der Waals surface area contributed by atoms with Crippen molar-refractivity contribution in [3.63, 3.8) is 0 Å². The Labute approximate surface area is 94.1 Å². The molecule has 0 saturated carbocycles. The van der Waals surface area contributed by atoms with Crippen molar-refractivity contribution in [2.45, 2.75) is 6.18 Å². The van der Waals surface area contributed by atoms with Crippen LogP contribution < -0.4 is 10.7 Å². The molecule has 2 rings (SSSR count). The molecule has 2 aromatic rings. The zero-order valence-corrected chi connectivity index (χ0v) is 8.51. The lowest BCUT2D eigenvalue weighted by molar-refractivity contribution is -0.348. The highest BCUT2D eigenvalue weighted by molar-refractivity contribution is 6.04. The molecule has 0 atom stereocenters. The number of amides is 1. The minimum absolute atomic E-state index is 0.0600. The maximum absolute atomic E-state index is 12.5. The summed E-state index contributed by atoms with van der Waals surface area (Å²) in [5.41, 5.74) is 4.74. The van der Waals surface area contributed by atoms with Gasteiger partial charge in [0, 0.05) is 6.07 Å². The fourth-order valence-electron chi connectivity index (χ4n) is 1.58. The third-order valence-corrected chi connectivity index (χ3v) is 2.38. The number of pyridine rings is 1. The van der Waals surface area contributed by atoms with Crippen molar-refractivity contribution < 1.29 is 22.9 Å². The van der Waals surface area contributed by atoms with E-state index >= 15 is 0 Å². The summed E-state index contributed by atoms with van der Waals surface area (Å²) in [7, 11) is 0. The number of nitrogens with two attached hydrogens (primary N) is 1. The van der Waals surface area contributed by atoms with Crippen LogP contribution in [0.3, 0.4) is 0 Å². The molecule has 0 aliphatic rings. The predicted molar refractivity (Wildman–Crippen MR) is 54.0 cm³/mol. The summed E-state index contributed by atoms with van der Waals surface area (Å²) in [5, 5.41) is 0.162. The Kier molecular flexibility index (Phi) is 2.49. The molecule has 0 radical (unpaired) electrons. The van der Waals surface area contributed by atoms with Crippen LogP contribution in [0, 0.1) is 0 Å². The minimum atomic E-state index is -4.46. The van der Waals surface area contributed by atoms with Crippen molar-refractivity contribution in [1.82, 2.24) is 0 Å². The zero-order valence-electron chi connectivity index (χ0n) is 8.51. The summed E-state index contributed by atoms with van der Waals surface area (Å²) in [6.45, 7) is 0. The van der Waals surface area contributed by atoms with Crippen LogP contribution in [0.15, 0.2) is 30.5 Å². The number of hydrogen-bond donors (Lipinski definition) is 1. The second-order valence-corrected chi connectivity index (χ2v) is 3.52. The summed E-state index contributed by atoms with van der Waals surface area (Å²) in [5.74, 6) is -0.761. The first-order valence-corrected chi connectivity index (χ1v) is 4.71. The van der Waals surface area contributed by atoms with Gasteiger partial charge in [-0.1, -0.05) is 6.07 Å². The summed E-state index contributed by atoms with van der Waals surface area (Å²) >= 11 is 0. The van der Waals surface area contributed by atoms with Crippen LogP contribution in [0.2, 0.25) is 0 Å². The van der Waals surface area contributed by atoms with E-state index in [1.807, 2.05) is 0 Å². The summed E-state index contributed by atoms with van der Waals surface area (Å²) in [6.07, 6.45) is -3.61. The van der Waals surface area contributed by atoms with Crippen LogP contribution in [0.5, 0.6) is 0 Å². The van der Waals surface area contributed by atoms with Crippen molar-refractivity contribution in [3.05, 3.63) is 41.6 Å². The average Bonchev–Trinajstić information content (AvgIpc) is 2.26.